The van der Waals surface area contributed by atoms with Crippen LogP contribution in [0.4, 0.5) is 0 Å². The van der Waals surface area contributed by atoms with Gasteiger partial charge >= 0.3 is 0 Å². The summed E-state index contributed by atoms with van der Waals surface area (Å²) >= 11 is 0. The number of furan rings is 2. The molecule has 0 bridgehead atoms. The number of hydrogen-bond donors (Lipinski definition) is 0. The lowest BCUT2D eigenvalue weighted by atomic mass is 9.86. The van der Waals surface area contributed by atoms with Gasteiger partial charge in [0.05, 0.1) is 0 Å². The van der Waals surface area contributed by atoms with E-state index in [1.165, 1.54) is 43.4 Å². The van der Waals surface area contributed by atoms with Crippen LogP contribution in [0, 0.1) is 0 Å². The van der Waals surface area contributed by atoms with E-state index in [0.29, 0.717) is 0 Å². The highest BCUT2D eigenvalue weighted by Gasteiger charge is 2.21. The molecule has 0 amide bonds. The van der Waals surface area contributed by atoms with Crippen LogP contribution in [0.15, 0.2) is 142 Å². The summed E-state index contributed by atoms with van der Waals surface area (Å²) in [5, 5.41) is 10.6. The lowest BCUT2D eigenvalue weighted by molar-refractivity contribution is 0.632. The second kappa shape index (κ2) is 8.08. The van der Waals surface area contributed by atoms with Gasteiger partial charge in [-0.15, -0.1) is 0 Å². The van der Waals surface area contributed by atoms with Crippen LogP contribution in [-0.2, 0) is 0 Å². The fourth-order valence-corrected chi connectivity index (χ4v) is 6.59. The third-order valence-electron chi connectivity index (χ3n) is 8.28. The molecular weight excluding hydrogens is 488 g/mol. The summed E-state index contributed by atoms with van der Waals surface area (Å²) in [5.74, 6) is 0.865. The summed E-state index contributed by atoms with van der Waals surface area (Å²) < 4.78 is 12.8. The SMILES string of the molecule is c1ccc2c(-c3c4ccccc4c(-c4cc5c(ccc6oc7ccccc7c65)o4)c4ccccc34)cccc2c1. The largest absolute Gasteiger partial charge is 0.456 e. The molecule has 0 aliphatic heterocycles. The molecule has 9 aromatic rings. The van der Waals surface area contributed by atoms with Crippen LogP contribution >= 0.6 is 0 Å². The molecule has 2 heterocycles. The predicted octanol–water partition coefficient (Wildman–Crippen LogP) is 11.1. The van der Waals surface area contributed by atoms with Gasteiger partial charge in [-0.05, 0) is 67.7 Å². The minimum absolute atomic E-state index is 0.861. The fourth-order valence-electron chi connectivity index (χ4n) is 6.59. The maximum Gasteiger partial charge on any atom is 0.136 e. The lowest BCUT2D eigenvalue weighted by Crippen LogP contribution is -1.90. The molecule has 0 N–H and O–H groups in total. The van der Waals surface area contributed by atoms with E-state index in [0.717, 1.165) is 44.2 Å². The Balaban J connectivity index is 1.42. The number of benzene rings is 7. The fraction of sp³-hybridized carbons (Fsp3) is 0. The van der Waals surface area contributed by atoms with E-state index in [9.17, 15) is 0 Å². The van der Waals surface area contributed by atoms with E-state index >= 15 is 0 Å². The van der Waals surface area contributed by atoms with Gasteiger partial charge in [0.25, 0.3) is 0 Å². The first-order valence-corrected chi connectivity index (χ1v) is 13.6. The van der Waals surface area contributed by atoms with Crippen molar-refractivity contribution in [2.45, 2.75) is 0 Å². The highest BCUT2D eigenvalue weighted by molar-refractivity contribution is 6.24. The van der Waals surface area contributed by atoms with Crippen molar-refractivity contribution in [2.24, 2.45) is 0 Å². The normalized spacial score (nSPS) is 12.0. The molecule has 9 rings (SSSR count). The van der Waals surface area contributed by atoms with Crippen molar-refractivity contribution in [1.82, 2.24) is 0 Å². The molecule has 0 aliphatic carbocycles. The Morgan fingerprint density at radius 1 is 0.350 bits per heavy atom. The van der Waals surface area contributed by atoms with Crippen molar-refractivity contribution < 1.29 is 8.83 Å². The second-order valence-electron chi connectivity index (χ2n) is 10.4. The molecule has 2 nitrogen and oxygen atoms in total. The summed E-state index contributed by atoms with van der Waals surface area (Å²) in [7, 11) is 0. The van der Waals surface area contributed by atoms with Crippen LogP contribution in [0.5, 0.6) is 0 Å². The Bertz CT molecular complexity index is 2370. The van der Waals surface area contributed by atoms with E-state index in [4.69, 9.17) is 8.83 Å². The number of hydrogen-bond acceptors (Lipinski definition) is 2. The van der Waals surface area contributed by atoms with Crippen molar-refractivity contribution in [3.8, 4) is 22.5 Å². The molecule has 0 radical (unpaired) electrons. The second-order valence-corrected chi connectivity index (χ2v) is 10.4. The smallest absolute Gasteiger partial charge is 0.136 e. The molecule has 0 atom stereocenters. The summed E-state index contributed by atoms with van der Waals surface area (Å²) in [6.45, 7) is 0. The first-order valence-electron chi connectivity index (χ1n) is 13.6. The quantitative estimate of drug-likeness (QED) is 0.216. The van der Waals surface area contributed by atoms with Gasteiger partial charge in [-0.2, -0.15) is 0 Å². The Labute approximate surface area is 229 Å². The van der Waals surface area contributed by atoms with Gasteiger partial charge in [-0.3, -0.25) is 0 Å². The Kier molecular flexibility index (Phi) is 4.36. The van der Waals surface area contributed by atoms with Crippen molar-refractivity contribution in [2.75, 3.05) is 0 Å². The van der Waals surface area contributed by atoms with Gasteiger partial charge in [0.15, 0.2) is 0 Å². The minimum Gasteiger partial charge on any atom is -0.456 e. The van der Waals surface area contributed by atoms with E-state index in [2.05, 4.69) is 109 Å². The number of para-hydroxylation sites is 1. The van der Waals surface area contributed by atoms with Crippen LogP contribution in [0.25, 0.3) is 87.7 Å². The minimum atomic E-state index is 0.861. The molecule has 2 heteroatoms. The van der Waals surface area contributed by atoms with Gasteiger partial charge in [0, 0.05) is 21.7 Å². The zero-order chi connectivity index (χ0) is 26.2. The molecule has 0 saturated carbocycles. The zero-order valence-corrected chi connectivity index (χ0v) is 21.5. The molecule has 2 aromatic heterocycles. The number of rotatable bonds is 2. The number of fused-ring (bicyclic) bond motifs is 8. The predicted molar refractivity (Wildman–Crippen MR) is 167 cm³/mol. The average molecular weight is 511 g/mol. The molecule has 0 spiro atoms. The Morgan fingerprint density at radius 3 is 1.65 bits per heavy atom. The topological polar surface area (TPSA) is 26.3 Å². The first kappa shape index (κ1) is 21.6. The monoisotopic (exact) mass is 510 g/mol. The van der Waals surface area contributed by atoms with Crippen LogP contribution < -0.4 is 0 Å². The molecule has 0 saturated heterocycles. The zero-order valence-electron chi connectivity index (χ0n) is 21.5. The van der Waals surface area contributed by atoms with E-state index < -0.39 is 0 Å². The maximum absolute atomic E-state index is 6.67. The van der Waals surface area contributed by atoms with Crippen molar-refractivity contribution in [3.63, 3.8) is 0 Å². The molecule has 40 heavy (non-hydrogen) atoms. The highest BCUT2D eigenvalue weighted by atomic mass is 16.3. The van der Waals surface area contributed by atoms with Gasteiger partial charge in [-0.25, -0.2) is 0 Å². The Morgan fingerprint density at radius 2 is 0.900 bits per heavy atom. The van der Waals surface area contributed by atoms with Gasteiger partial charge < -0.3 is 8.83 Å². The third-order valence-corrected chi connectivity index (χ3v) is 8.28. The van der Waals surface area contributed by atoms with E-state index in [1.807, 2.05) is 24.3 Å². The highest BCUT2D eigenvalue weighted by Crippen LogP contribution is 2.47. The Hall–Kier alpha value is -5.34. The summed E-state index contributed by atoms with van der Waals surface area (Å²) in [6.07, 6.45) is 0. The molecule has 0 unspecified atom stereocenters. The van der Waals surface area contributed by atoms with Crippen molar-refractivity contribution >= 4 is 65.2 Å². The van der Waals surface area contributed by atoms with Crippen LogP contribution in [0.3, 0.4) is 0 Å². The third kappa shape index (κ3) is 2.93. The van der Waals surface area contributed by atoms with Crippen LogP contribution in [-0.4, -0.2) is 0 Å². The average Bonchev–Trinajstić information content (AvgIpc) is 3.61. The van der Waals surface area contributed by atoms with E-state index in [-0.39, 0.29) is 0 Å². The summed E-state index contributed by atoms with van der Waals surface area (Å²) in [4.78, 5) is 0. The molecule has 0 fully saturated rings. The molecule has 186 valence electrons. The first-order chi connectivity index (χ1) is 19.8. The van der Waals surface area contributed by atoms with Gasteiger partial charge in [0.1, 0.15) is 22.5 Å². The molecule has 0 aliphatic rings. The summed E-state index contributed by atoms with van der Waals surface area (Å²) in [6, 6.07) is 47.1. The van der Waals surface area contributed by atoms with Crippen molar-refractivity contribution in [3.05, 3.63) is 133 Å². The van der Waals surface area contributed by atoms with Crippen molar-refractivity contribution in [1.29, 1.82) is 0 Å². The molecular formula is C38H22O2. The summed E-state index contributed by atoms with van der Waals surface area (Å²) in [5.41, 5.74) is 6.25. The maximum atomic E-state index is 6.67. The van der Waals surface area contributed by atoms with Gasteiger partial charge in [-0.1, -0.05) is 109 Å². The molecule has 7 aromatic carbocycles. The van der Waals surface area contributed by atoms with E-state index in [1.54, 1.807) is 0 Å². The lowest BCUT2D eigenvalue weighted by Gasteiger charge is -2.17. The van der Waals surface area contributed by atoms with Gasteiger partial charge in [0.2, 0.25) is 0 Å². The van der Waals surface area contributed by atoms with Crippen LogP contribution in [0.2, 0.25) is 0 Å². The standard InChI is InChI=1S/C38H22O2/c1-2-12-24-23(10-1)11-9-18-25(24)36-26-13-3-5-15-28(26)37(29-16-6-4-14-27(29)36)35-22-31-33(40-35)20-21-34-38(31)30-17-7-8-19-32(30)39-34/h1-22H. The van der Waals surface area contributed by atoms with Crippen LogP contribution in [0.1, 0.15) is 0 Å².